The van der Waals surface area contributed by atoms with E-state index >= 15 is 0 Å². The number of hydrogen-bond donors (Lipinski definition) is 1. The summed E-state index contributed by atoms with van der Waals surface area (Å²) in [5, 5.41) is 2.60. The van der Waals surface area contributed by atoms with E-state index in [0.717, 1.165) is 0 Å². The Kier molecular flexibility index (Phi) is 4.62. The molecule has 3 nitrogen and oxygen atoms in total. The maximum absolute atomic E-state index is 13.0. The van der Waals surface area contributed by atoms with Crippen molar-refractivity contribution in [1.82, 2.24) is 0 Å². The summed E-state index contributed by atoms with van der Waals surface area (Å²) in [6, 6.07) is 8.94. The van der Waals surface area contributed by atoms with Gasteiger partial charge in [-0.2, -0.15) is 0 Å². The molecule has 0 aromatic heterocycles. The number of anilines is 1. The Labute approximate surface area is 128 Å². The second-order valence-electron chi connectivity index (χ2n) is 3.93. The Balaban J connectivity index is 2.19. The number of carbonyl (C=O) groups is 1. The molecule has 0 aliphatic heterocycles. The minimum Gasteiger partial charge on any atom is -0.496 e. The standard InChI is InChI=1S/C14H10BrClFNO2/c1-20-13-5-2-8(6-10(13)15)14(19)18-9-3-4-12(17)11(16)7-9/h2-7H,1H3,(H,18,19). The Bertz CT molecular complexity index is 664. The Morgan fingerprint density at radius 3 is 2.65 bits per heavy atom. The molecule has 0 fully saturated rings. The zero-order valence-corrected chi connectivity index (χ0v) is 12.8. The molecule has 6 heteroatoms. The highest BCUT2D eigenvalue weighted by Gasteiger charge is 2.10. The fourth-order valence-corrected chi connectivity index (χ4v) is 2.31. The summed E-state index contributed by atoms with van der Waals surface area (Å²) in [5.41, 5.74) is 0.867. The van der Waals surface area contributed by atoms with E-state index < -0.39 is 5.82 Å². The van der Waals surface area contributed by atoms with Crippen LogP contribution in [0.5, 0.6) is 5.75 Å². The summed E-state index contributed by atoms with van der Waals surface area (Å²) in [6.45, 7) is 0. The van der Waals surface area contributed by atoms with Crippen LogP contribution in [-0.4, -0.2) is 13.0 Å². The molecule has 0 radical (unpaired) electrons. The van der Waals surface area contributed by atoms with Crippen molar-refractivity contribution < 1.29 is 13.9 Å². The smallest absolute Gasteiger partial charge is 0.255 e. The molecular formula is C14H10BrClFNO2. The summed E-state index contributed by atoms with van der Waals surface area (Å²) >= 11 is 8.96. The lowest BCUT2D eigenvalue weighted by atomic mass is 10.2. The van der Waals surface area contributed by atoms with Gasteiger partial charge in [-0.15, -0.1) is 0 Å². The summed E-state index contributed by atoms with van der Waals surface area (Å²) in [6.07, 6.45) is 0. The number of methoxy groups -OCH3 is 1. The van der Waals surface area contributed by atoms with Crippen LogP contribution in [0.4, 0.5) is 10.1 Å². The van der Waals surface area contributed by atoms with E-state index in [0.29, 0.717) is 21.5 Å². The van der Waals surface area contributed by atoms with Crippen LogP contribution in [0.3, 0.4) is 0 Å². The van der Waals surface area contributed by atoms with Gasteiger partial charge in [0.25, 0.3) is 5.91 Å². The maximum Gasteiger partial charge on any atom is 0.255 e. The molecule has 0 aliphatic rings. The number of hydrogen-bond acceptors (Lipinski definition) is 2. The van der Waals surface area contributed by atoms with Crippen LogP contribution < -0.4 is 10.1 Å². The minimum atomic E-state index is -0.531. The van der Waals surface area contributed by atoms with E-state index in [1.54, 1.807) is 25.3 Å². The first kappa shape index (κ1) is 14.8. The summed E-state index contributed by atoms with van der Waals surface area (Å²) in [7, 11) is 1.54. The normalized spacial score (nSPS) is 10.2. The monoisotopic (exact) mass is 357 g/mol. The largest absolute Gasteiger partial charge is 0.496 e. The Morgan fingerprint density at radius 2 is 2.05 bits per heavy atom. The fourth-order valence-electron chi connectivity index (χ4n) is 1.58. The van der Waals surface area contributed by atoms with Crippen molar-refractivity contribution in [2.75, 3.05) is 12.4 Å². The van der Waals surface area contributed by atoms with Gasteiger partial charge in [0.1, 0.15) is 11.6 Å². The van der Waals surface area contributed by atoms with Gasteiger partial charge >= 0.3 is 0 Å². The highest BCUT2D eigenvalue weighted by molar-refractivity contribution is 9.10. The number of benzene rings is 2. The minimum absolute atomic E-state index is 0.0429. The van der Waals surface area contributed by atoms with Gasteiger partial charge in [-0.05, 0) is 52.3 Å². The number of carbonyl (C=O) groups excluding carboxylic acids is 1. The number of ether oxygens (including phenoxy) is 1. The highest BCUT2D eigenvalue weighted by Crippen LogP contribution is 2.26. The lowest BCUT2D eigenvalue weighted by molar-refractivity contribution is 0.102. The van der Waals surface area contributed by atoms with Crippen LogP contribution in [0, 0.1) is 5.82 Å². The van der Waals surface area contributed by atoms with Gasteiger partial charge in [0.15, 0.2) is 0 Å². The lowest BCUT2D eigenvalue weighted by Gasteiger charge is -2.08. The van der Waals surface area contributed by atoms with Gasteiger partial charge in [-0.3, -0.25) is 4.79 Å². The molecular weight excluding hydrogens is 349 g/mol. The third kappa shape index (κ3) is 3.29. The molecule has 0 atom stereocenters. The van der Waals surface area contributed by atoms with E-state index in [4.69, 9.17) is 16.3 Å². The molecule has 2 rings (SSSR count). The topological polar surface area (TPSA) is 38.3 Å². The summed E-state index contributed by atoms with van der Waals surface area (Å²) < 4.78 is 18.8. The average molecular weight is 359 g/mol. The van der Waals surface area contributed by atoms with Gasteiger partial charge in [0, 0.05) is 11.3 Å². The summed E-state index contributed by atoms with van der Waals surface area (Å²) in [4.78, 5) is 12.1. The van der Waals surface area contributed by atoms with Crippen LogP contribution in [0.1, 0.15) is 10.4 Å². The number of amides is 1. The second kappa shape index (κ2) is 6.24. The van der Waals surface area contributed by atoms with Gasteiger partial charge < -0.3 is 10.1 Å². The van der Waals surface area contributed by atoms with Crippen molar-refractivity contribution in [3.63, 3.8) is 0 Å². The van der Waals surface area contributed by atoms with Crippen molar-refractivity contribution in [3.05, 3.63) is 57.3 Å². The molecule has 0 saturated carbocycles. The number of rotatable bonds is 3. The van der Waals surface area contributed by atoms with Gasteiger partial charge in [-0.25, -0.2) is 4.39 Å². The molecule has 104 valence electrons. The number of nitrogens with one attached hydrogen (secondary N) is 1. The van der Waals surface area contributed by atoms with E-state index in [9.17, 15) is 9.18 Å². The van der Waals surface area contributed by atoms with Crippen LogP contribution in [0.25, 0.3) is 0 Å². The van der Waals surface area contributed by atoms with Gasteiger partial charge in [0.2, 0.25) is 0 Å². The molecule has 0 saturated heterocycles. The molecule has 2 aromatic rings. The maximum atomic E-state index is 13.0. The van der Waals surface area contributed by atoms with Crippen molar-refractivity contribution in [2.24, 2.45) is 0 Å². The first-order chi connectivity index (χ1) is 9.51. The molecule has 1 amide bonds. The molecule has 0 aliphatic carbocycles. The van der Waals surface area contributed by atoms with Crippen LogP contribution >= 0.6 is 27.5 Å². The third-order valence-electron chi connectivity index (χ3n) is 2.59. The van der Waals surface area contributed by atoms with E-state index in [-0.39, 0.29) is 10.9 Å². The van der Waals surface area contributed by atoms with Gasteiger partial charge in [0.05, 0.1) is 16.6 Å². The lowest BCUT2D eigenvalue weighted by Crippen LogP contribution is -2.12. The zero-order valence-electron chi connectivity index (χ0n) is 10.4. The Morgan fingerprint density at radius 1 is 1.30 bits per heavy atom. The van der Waals surface area contributed by atoms with E-state index in [1.807, 2.05) is 0 Å². The third-order valence-corrected chi connectivity index (χ3v) is 3.50. The molecule has 1 N–H and O–H groups in total. The predicted molar refractivity (Wildman–Crippen MR) is 80.1 cm³/mol. The Hall–Kier alpha value is -1.59. The first-order valence-electron chi connectivity index (χ1n) is 5.61. The highest BCUT2D eigenvalue weighted by atomic mass is 79.9. The molecule has 0 heterocycles. The van der Waals surface area contributed by atoms with Crippen molar-refractivity contribution in [2.45, 2.75) is 0 Å². The summed E-state index contributed by atoms with van der Waals surface area (Å²) in [5.74, 6) is -0.223. The fraction of sp³-hybridized carbons (Fsp3) is 0.0714. The van der Waals surface area contributed by atoms with Crippen LogP contribution in [0.15, 0.2) is 40.9 Å². The number of halogens is 3. The van der Waals surface area contributed by atoms with E-state index in [2.05, 4.69) is 21.2 Å². The quantitative estimate of drug-likeness (QED) is 0.877. The molecule has 0 spiro atoms. The predicted octanol–water partition coefficient (Wildman–Crippen LogP) is 4.50. The first-order valence-corrected chi connectivity index (χ1v) is 6.78. The molecule has 2 aromatic carbocycles. The van der Waals surface area contributed by atoms with Crippen molar-refractivity contribution in [3.8, 4) is 5.75 Å². The zero-order chi connectivity index (χ0) is 14.7. The SMILES string of the molecule is COc1ccc(C(=O)Nc2ccc(F)c(Cl)c2)cc1Br. The molecule has 0 unspecified atom stereocenters. The van der Waals surface area contributed by atoms with Crippen LogP contribution in [-0.2, 0) is 0 Å². The van der Waals surface area contributed by atoms with Crippen molar-refractivity contribution in [1.29, 1.82) is 0 Å². The average Bonchev–Trinajstić information content (AvgIpc) is 2.42. The second-order valence-corrected chi connectivity index (χ2v) is 5.19. The van der Waals surface area contributed by atoms with Crippen LogP contribution in [0.2, 0.25) is 5.02 Å². The molecule has 20 heavy (non-hydrogen) atoms. The van der Waals surface area contributed by atoms with Crippen molar-refractivity contribution >= 4 is 39.1 Å². The molecule has 0 bridgehead atoms. The van der Waals surface area contributed by atoms with E-state index in [1.165, 1.54) is 18.2 Å². The van der Waals surface area contributed by atoms with Gasteiger partial charge in [-0.1, -0.05) is 11.6 Å².